The van der Waals surface area contributed by atoms with Gasteiger partial charge in [0.25, 0.3) is 0 Å². The summed E-state index contributed by atoms with van der Waals surface area (Å²) in [5, 5.41) is 14.3. The molecule has 2 unspecified atom stereocenters. The van der Waals surface area contributed by atoms with Gasteiger partial charge in [0.1, 0.15) is 11.5 Å². The van der Waals surface area contributed by atoms with Crippen LogP contribution in [0.1, 0.15) is 26.2 Å². The van der Waals surface area contributed by atoms with Crippen LogP contribution in [0.25, 0.3) is 22.4 Å². The number of rotatable bonds is 5. The molecule has 1 saturated heterocycles. The van der Waals surface area contributed by atoms with E-state index in [0.717, 1.165) is 35.9 Å². The van der Waals surface area contributed by atoms with Crippen LogP contribution in [0.2, 0.25) is 5.02 Å². The average Bonchev–Trinajstić information content (AvgIpc) is 3.15. The summed E-state index contributed by atoms with van der Waals surface area (Å²) in [5.74, 6) is 1.54. The van der Waals surface area contributed by atoms with Crippen molar-refractivity contribution >= 4 is 34.5 Å². The number of nitrogens with zero attached hydrogens (tertiary/aromatic N) is 4. The lowest BCUT2D eigenvalue weighted by Gasteiger charge is -2.39. The minimum absolute atomic E-state index is 0.0249. The van der Waals surface area contributed by atoms with Crippen LogP contribution >= 0.6 is 11.6 Å². The lowest BCUT2D eigenvalue weighted by atomic mass is 9.87. The Balaban J connectivity index is 1.52. The number of amides is 1. The molecule has 0 aromatic carbocycles. The fraction of sp³-hybridized carbons (Fsp3) is 0.400. The Labute approximate surface area is 173 Å². The summed E-state index contributed by atoms with van der Waals surface area (Å²) in [5.41, 5.74) is 1.56. The molecule has 1 aliphatic rings. The topological polar surface area (TPSA) is 107 Å². The van der Waals surface area contributed by atoms with Crippen LogP contribution in [-0.4, -0.2) is 55.2 Å². The predicted molar refractivity (Wildman–Crippen MR) is 112 cm³/mol. The first-order valence-electron chi connectivity index (χ1n) is 9.76. The number of anilines is 1. The van der Waals surface area contributed by atoms with Crippen molar-refractivity contribution in [2.24, 2.45) is 5.92 Å². The lowest BCUT2D eigenvalue weighted by Crippen LogP contribution is -2.49. The maximum absolute atomic E-state index is 11.5. The van der Waals surface area contributed by atoms with E-state index in [0.29, 0.717) is 29.8 Å². The van der Waals surface area contributed by atoms with E-state index in [-0.39, 0.29) is 12.0 Å². The molecule has 0 saturated carbocycles. The molecule has 4 rings (SSSR count). The number of fused-ring (bicyclic) bond motifs is 1. The molecule has 0 aliphatic carbocycles. The van der Waals surface area contributed by atoms with E-state index in [1.807, 2.05) is 25.3 Å². The highest BCUT2D eigenvalue weighted by atomic mass is 35.5. The molecule has 29 heavy (non-hydrogen) atoms. The Morgan fingerprint density at radius 2 is 2.31 bits per heavy atom. The minimum atomic E-state index is -0.836. The molecular formula is C20H23ClN6O2. The fourth-order valence-corrected chi connectivity index (χ4v) is 4.31. The van der Waals surface area contributed by atoms with Crippen LogP contribution in [0, 0.1) is 5.92 Å². The summed E-state index contributed by atoms with van der Waals surface area (Å²) in [7, 11) is 0. The Bertz CT molecular complexity index is 1020. The molecule has 1 fully saturated rings. The SMILES string of the molecule is CCC1C(CNc2ccnc(-c3c[nH]c4ncc(Cl)cc34)n2)CCCN1C(=O)O. The number of pyridine rings is 1. The highest BCUT2D eigenvalue weighted by Gasteiger charge is 2.32. The summed E-state index contributed by atoms with van der Waals surface area (Å²) in [6.07, 6.45) is 6.98. The van der Waals surface area contributed by atoms with Crippen LogP contribution < -0.4 is 5.32 Å². The molecular weight excluding hydrogens is 392 g/mol. The number of H-pyrrole nitrogens is 1. The minimum Gasteiger partial charge on any atom is -0.465 e. The second-order valence-electron chi connectivity index (χ2n) is 7.25. The van der Waals surface area contributed by atoms with Gasteiger partial charge >= 0.3 is 6.09 Å². The molecule has 152 valence electrons. The predicted octanol–water partition coefficient (Wildman–Crippen LogP) is 4.25. The zero-order chi connectivity index (χ0) is 20.4. The van der Waals surface area contributed by atoms with Crippen molar-refractivity contribution in [3.63, 3.8) is 0 Å². The number of nitrogens with one attached hydrogen (secondary N) is 2. The van der Waals surface area contributed by atoms with Gasteiger partial charge in [-0.2, -0.15) is 0 Å². The van der Waals surface area contributed by atoms with Gasteiger partial charge in [-0.25, -0.2) is 19.7 Å². The summed E-state index contributed by atoms with van der Waals surface area (Å²) >= 11 is 6.09. The van der Waals surface area contributed by atoms with Crippen LogP contribution in [0.4, 0.5) is 10.6 Å². The van der Waals surface area contributed by atoms with Crippen LogP contribution in [-0.2, 0) is 0 Å². The first-order valence-corrected chi connectivity index (χ1v) is 10.1. The largest absolute Gasteiger partial charge is 0.465 e. The van der Waals surface area contributed by atoms with Crippen molar-refractivity contribution in [2.75, 3.05) is 18.4 Å². The highest BCUT2D eigenvalue weighted by molar-refractivity contribution is 6.31. The van der Waals surface area contributed by atoms with Gasteiger partial charge in [0.05, 0.1) is 5.02 Å². The van der Waals surface area contributed by atoms with Crippen molar-refractivity contribution in [3.8, 4) is 11.4 Å². The quantitative estimate of drug-likeness (QED) is 0.576. The van der Waals surface area contributed by atoms with E-state index in [1.54, 1.807) is 17.3 Å². The third-order valence-electron chi connectivity index (χ3n) is 5.52. The third kappa shape index (κ3) is 3.98. The molecule has 0 radical (unpaired) electrons. The zero-order valence-electron chi connectivity index (χ0n) is 16.1. The van der Waals surface area contributed by atoms with Crippen LogP contribution in [0.3, 0.4) is 0 Å². The van der Waals surface area contributed by atoms with Crippen LogP contribution in [0.5, 0.6) is 0 Å². The normalized spacial score (nSPS) is 19.4. The Hall–Kier alpha value is -2.87. The number of aromatic amines is 1. The third-order valence-corrected chi connectivity index (χ3v) is 5.73. The second kappa shape index (κ2) is 8.24. The highest BCUT2D eigenvalue weighted by Crippen LogP contribution is 2.29. The number of halogens is 1. The van der Waals surface area contributed by atoms with Gasteiger partial charge in [0, 0.05) is 48.7 Å². The Morgan fingerprint density at radius 3 is 3.10 bits per heavy atom. The number of carboxylic acid groups (broad SMARTS) is 1. The van der Waals surface area contributed by atoms with Gasteiger partial charge < -0.3 is 20.3 Å². The molecule has 8 nitrogen and oxygen atoms in total. The van der Waals surface area contributed by atoms with E-state index in [1.165, 1.54) is 0 Å². The smallest absolute Gasteiger partial charge is 0.407 e. The molecule has 4 heterocycles. The van der Waals surface area contributed by atoms with Crippen molar-refractivity contribution in [1.82, 2.24) is 24.8 Å². The number of carbonyl (C=O) groups is 1. The van der Waals surface area contributed by atoms with Crippen molar-refractivity contribution in [2.45, 2.75) is 32.2 Å². The average molecular weight is 415 g/mol. The van der Waals surface area contributed by atoms with Crippen molar-refractivity contribution in [1.29, 1.82) is 0 Å². The molecule has 3 aromatic rings. The number of hydrogen-bond acceptors (Lipinski definition) is 5. The monoisotopic (exact) mass is 414 g/mol. The molecule has 2 atom stereocenters. The number of piperidine rings is 1. The van der Waals surface area contributed by atoms with E-state index in [2.05, 4.69) is 25.3 Å². The van der Waals surface area contributed by atoms with Gasteiger partial charge in [-0.3, -0.25) is 0 Å². The molecule has 1 aliphatic heterocycles. The number of aromatic nitrogens is 4. The Morgan fingerprint density at radius 1 is 1.45 bits per heavy atom. The van der Waals surface area contributed by atoms with Gasteiger partial charge in [-0.1, -0.05) is 18.5 Å². The van der Waals surface area contributed by atoms with Gasteiger partial charge in [0.2, 0.25) is 0 Å². The summed E-state index contributed by atoms with van der Waals surface area (Å²) in [6, 6.07) is 3.69. The van der Waals surface area contributed by atoms with Crippen molar-refractivity contribution < 1.29 is 9.90 Å². The van der Waals surface area contributed by atoms with E-state index in [9.17, 15) is 9.90 Å². The van der Waals surface area contributed by atoms with E-state index in [4.69, 9.17) is 11.6 Å². The summed E-state index contributed by atoms with van der Waals surface area (Å²) in [6.45, 7) is 3.32. The van der Waals surface area contributed by atoms with Gasteiger partial charge in [-0.15, -0.1) is 0 Å². The number of likely N-dealkylation sites (tertiary alicyclic amines) is 1. The molecule has 0 spiro atoms. The zero-order valence-corrected chi connectivity index (χ0v) is 16.9. The Kier molecular flexibility index (Phi) is 5.53. The first kappa shape index (κ1) is 19.4. The molecule has 9 heteroatoms. The molecule has 3 aromatic heterocycles. The fourth-order valence-electron chi connectivity index (χ4n) is 4.15. The van der Waals surface area contributed by atoms with Gasteiger partial charge in [-0.05, 0) is 37.3 Å². The van der Waals surface area contributed by atoms with E-state index >= 15 is 0 Å². The van der Waals surface area contributed by atoms with E-state index < -0.39 is 6.09 Å². The number of hydrogen-bond donors (Lipinski definition) is 3. The maximum atomic E-state index is 11.5. The molecule has 3 N–H and O–H groups in total. The van der Waals surface area contributed by atoms with Gasteiger partial charge in [0.15, 0.2) is 5.82 Å². The second-order valence-corrected chi connectivity index (χ2v) is 7.69. The lowest BCUT2D eigenvalue weighted by molar-refractivity contribution is 0.0798. The summed E-state index contributed by atoms with van der Waals surface area (Å²) < 4.78 is 0. The van der Waals surface area contributed by atoms with Crippen molar-refractivity contribution in [3.05, 3.63) is 35.7 Å². The van der Waals surface area contributed by atoms with Crippen LogP contribution in [0.15, 0.2) is 30.7 Å². The molecule has 0 bridgehead atoms. The first-order chi connectivity index (χ1) is 14.1. The standard InChI is InChI=1S/C20H23ClN6O2/c1-2-16-12(4-3-7-27(16)20(28)29)9-23-17-5-6-22-19(26-17)15-11-25-18-14(15)8-13(21)10-24-18/h5-6,8,10-12,16H,2-4,7,9H2,1H3,(H,24,25)(H,28,29)(H,22,23,26). The molecule has 1 amide bonds. The summed E-state index contributed by atoms with van der Waals surface area (Å²) in [4.78, 5) is 29.5. The maximum Gasteiger partial charge on any atom is 0.407 e.